The van der Waals surface area contributed by atoms with Crippen LogP contribution in [0.1, 0.15) is 11.3 Å². The molecule has 0 aliphatic carbocycles. The lowest BCUT2D eigenvalue weighted by Crippen LogP contribution is -1.92. The number of aryl methyl sites for hydroxylation is 1. The third-order valence-corrected chi connectivity index (χ3v) is 4.86. The summed E-state index contributed by atoms with van der Waals surface area (Å²) < 4.78 is 10.5. The number of nitriles is 1. The predicted molar refractivity (Wildman–Crippen MR) is 107 cm³/mol. The van der Waals surface area contributed by atoms with Gasteiger partial charge in [0.1, 0.15) is 11.8 Å². The highest BCUT2D eigenvalue weighted by molar-refractivity contribution is 7.14. The number of methoxy groups -OCH3 is 2. The highest BCUT2D eigenvalue weighted by atomic mass is 32.1. The fourth-order valence-corrected chi connectivity index (χ4v) is 3.55. The molecular weight excluding hydrogens is 376 g/mol. The molecule has 3 heterocycles. The second-order valence-corrected chi connectivity index (χ2v) is 6.80. The summed E-state index contributed by atoms with van der Waals surface area (Å²) in [6.07, 6.45) is 0. The van der Waals surface area contributed by atoms with Gasteiger partial charge >= 0.3 is 0 Å². The van der Waals surface area contributed by atoms with E-state index in [1.807, 2.05) is 24.4 Å². The molecule has 0 radical (unpaired) electrons. The molecule has 2 N–H and O–H groups in total. The summed E-state index contributed by atoms with van der Waals surface area (Å²) in [6, 6.07) is 9.44. The lowest BCUT2D eigenvalue weighted by Gasteiger charge is -2.04. The third kappa shape index (κ3) is 3.21. The van der Waals surface area contributed by atoms with Crippen molar-refractivity contribution >= 4 is 33.5 Å². The zero-order chi connectivity index (χ0) is 19.7. The van der Waals surface area contributed by atoms with Gasteiger partial charge in [-0.3, -0.25) is 0 Å². The molecule has 0 fully saturated rings. The molecule has 0 amide bonds. The number of imidazole rings is 1. The van der Waals surface area contributed by atoms with Crippen LogP contribution in [0.15, 0.2) is 29.6 Å². The molecule has 28 heavy (non-hydrogen) atoms. The fourth-order valence-electron chi connectivity index (χ4n) is 2.83. The Balaban J connectivity index is 1.62. The van der Waals surface area contributed by atoms with Crippen LogP contribution in [-0.4, -0.2) is 34.2 Å². The first-order chi connectivity index (χ1) is 13.6. The lowest BCUT2D eigenvalue weighted by molar-refractivity contribution is 0.401. The molecule has 4 aromatic rings. The van der Waals surface area contributed by atoms with Crippen LogP contribution in [0, 0.1) is 18.3 Å². The van der Waals surface area contributed by atoms with E-state index in [2.05, 4.69) is 31.3 Å². The molecule has 0 saturated heterocycles. The van der Waals surface area contributed by atoms with Crippen molar-refractivity contribution < 1.29 is 9.47 Å². The Hall–Kier alpha value is -3.64. The molecule has 0 saturated carbocycles. The van der Waals surface area contributed by atoms with Gasteiger partial charge < -0.3 is 19.8 Å². The number of benzene rings is 1. The first kappa shape index (κ1) is 17.8. The molecular formula is C19H16N6O2S. The highest BCUT2D eigenvalue weighted by Gasteiger charge is 2.13. The van der Waals surface area contributed by atoms with Crippen molar-refractivity contribution in [2.75, 3.05) is 19.5 Å². The standard InChI is InChI=1S/C19H16N6O2S/c1-10-6-13-16(17(21-10)27-3)24-18(22-13)25-19-23-14(9-28-19)11-4-5-15(26-2)12(7-11)8-20/h4-7,9H,1-3H3,(H2,22,23,24,25). The van der Waals surface area contributed by atoms with Crippen LogP contribution >= 0.6 is 11.3 Å². The van der Waals surface area contributed by atoms with Crippen LogP contribution in [0.25, 0.3) is 22.3 Å². The maximum atomic E-state index is 9.26. The Kier molecular flexibility index (Phi) is 4.55. The van der Waals surface area contributed by atoms with Crippen molar-refractivity contribution in [2.24, 2.45) is 0 Å². The number of rotatable bonds is 5. The Morgan fingerprint density at radius 1 is 1.14 bits per heavy atom. The monoisotopic (exact) mass is 392 g/mol. The number of fused-ring (bicyclic) bond motifs is 1. The predicted octanol–water partition coefficient (Wildman–Crippen LogP) is 4.02. The molecule has 1 aromatic carbocycles. The van der Waals surface area contributed by atoms with Gasteiger partial charge in [-0.25, -0.2) is 15.0 Å². The van der Waals surface area contributed by atoms with E-state index in [0.717, 1.165) is 22.5 Å². The van der Waals surface area contributed by atoms with Crippen molar-refractivity contribution in [3.05, 3.63) is 40.9 Å². The molecule has 9 heteroatoms. The van der Waals surface area contributed by atoms with Gasteiger partial charge in [0.15, 0.2) is 10.6 Å². The summed E-state index contributed by atoms with van der Waals surface area (Å²) in [6.45, 7) is 1.90. The van der Waals surface area contributed by atoms with Gasteiger partial charge in [-0.2, -0.15) is 5.26 Å². The van der Waals surface area contributed by atoms with Gasteiger partial charge in [0.05, 0.1) is 31.0 Å². The molecule has 4 rings (SSSR count). The minimum Gasteiger partial charge on any atom is -0.495 e. The van der Waals surface area contributed by atoms with E-state index in [9.17, 15) is 5.26 Å². The maximum absolute atomic E-state index is 9.26. The first-order valence-electron chi connectivity index (χ1n) is 8.33. The second-order valence-electron chi connectivity index (χ2n) is 5.94. The van der Waals surface area contributed by atoms with Gasteiger partial charge in [0.2, 0.25) is 11.8 Å². The van der Waals surface area contributed by atoms with Crippen LogP contribution in [-0.2, 0) is 0 Å². The van der Waals surface area contributed by atoms with Crippen molar-refractivity contribution in [3.63, 3.8) is 0 Å². The van der Waals surface area contributed by atoms with E-state index >= 15 is 0 Å². The number of nitrogens with zero attached hydrogens (tertiary/aromatic N) is 4. The van der Waals surface area contributed by atoms with Crippen LogP contribution < -0.4 is 14.8 Å². The van der Waals surface area contributed by atoms with Crippen LogP contribution in [0.4, 0.5) is 11.1 Å². The fraction of sp³-hybridized carbons (Fsp3) is 0.158. The molecule has 140 valence electrons. The minimum atomic E-state index is 0.467. The zero-order valence-corrected chi connectivity index (χ0v) is 16.2. The Bertz CT molecular complexity index is 1210. The van der Waals surface area contributed by atoms with E-state index in [1.54, 1.807) is 26.4 Å². The average Bonchev–Trinajstić information content (AvgIpc) is 3.33. The number of pyridine rings is 1. The number of hydrogen-bond acceptors (Lipinski definition) is 8. The second kappa shape index (κ2) is 7.17. The van der Waals surface area contributed by atoms with Crippen LogP contribution in [0.3, 0.4) is 0 Å². The number of ether oxygens (including phenoxy) is 2. The van der Waals surface area contributed by atoms with E-state index < -0.39 is 0 Å². The van der Waals surface area contributed by atoms with Crippen LogP contribution in [0.2, 0.25) is 0 Å². The van der Waals surface area contributed by atoms with Gasteiger partial charge in [-0.05, 0) is 31.2 Å². The smallest absolute Gasteiger partial charge is 0.242 e. The largest absolute Gasteiger partial charge is 0.495 e. The number of anilines is 2. The summed E-state index contributed by atoms with van der Waals surface area (Å²) in [5.74, 6) is 1.57. The topological polar surface area (TPSA) is 109 Å². The number of thiazole rings is 1. The third-order valence-electron chi connectivity index (χ3n) is 4.10. The SMILES string of the molecule is COc1ccc(-c2csc(Nc3nc4c(OC)nc(C)cc4[nH]3)n2)cc1C#N. The molecule has 0 aliphatic rings. The van der Waals surface area contributed by atoms with Crippen molar-refractivity contribution in [1.29, 1.82) is 5.26 Å². The summed E-state index contributed by atoms with van der Waals surface area (Å²) in [5, 5.41) is 15.0. The molecule has 0 bridgehead atoms. The summed E-state index contributed by atoms with van der Waals surface area (Å²) >= 11 is 1.44. The molecule has 0 aliphatic heterocycles. The van der Waals surface area contributed by atoms with Crippen molar-refractivity contribution in [1.82, 2.24) is 19.9 Å². The van der Waals surface area contributed by atoms with Gasteiger partial charge in [0, 0.05) is 16.6 Å². The van der Waals surface area contributed by atoms with Crippen LogP contribution in [0.5, 0.6) is 11.6 Å². The molecule has 3 aromatic heterocycles. The van der Waals surface area contributed by atoms with E-state index in [1.165, 1.54) is 11.3 Å². The Morgan fingerprint density at radius 2 is 2.00 bits per heavy atom. The number of H-pyrrole nitrogens is 1. The number of nitrogens with one attached hydrogen (secondary N) is 2. The van der Waals surface area contributed by atoms with Crippen molar-refractivity contribution in [3.8, 4) is 29.0 Å². The number of aromatic nitrogens is 4. The summed E-state index contributed by atoms with van der Waals surface area (Å²) in [4.78, 5) is 16.6. The highest BCUT2D eigenvalue weighted by Crippen LogP contribution is 2.31. The average molecular weight is 392 g/mol. The lowest BCUT2D eigenvalue weighted by atomic mass is 10.1. The molecule has 0 unspecified atom stereocenters. The number of aromatic amines is 1. The molecule has 0 spiro atoms. The van der Waals surface area contributed by atoms with E-state index in [4.69, 9.17) is 9.47 Å². The van der Waals surface area contributed by atoms with Crippen molar-refractivity contribution in [2.45, 2.75) is 6.92 Å². The van der Waals surface area contributed by atoms with Gasteiger partial charge in [-0.1, -0.05) is 0 Å². The van der Waals surface area contributed by atoms with Gasteiger partial charge in [0.25, 0.3) is 0 Å². The number of hydrogen-bond donors (Lipinski definition) is 2. The quantitative estimate of drug-likeness (QED) is 0.528. The first-order valence-corrected chi connectivity index (χ1v) is 9.21. The molecule has 8 nitrogen and oxygen atoms in total. The van der Waals surface area contributed by atoms with E-state index in [0.29, 0.717) is 33.8 Å². The Labute approximate surface area is 164 Å². The minimum absolute atomic E-state index is 0.467. The maximum Gasteiger partial charge on any atom is 0.242 e. The summed E-state index contributed by atoms with van der Waals surface area (Å²) in [5.41, 5.74) is 4.39. The summed E-state index contributed by atoms with van der Waals surface area (Å²) in [7, 11) is 3.11. The Morgan fingerprint density at radius 3 is 2.75 bits per heavy atom. The normalized spacial score (nSPS) is 10.6. The zero-order valence-electron chi connectivity index (χ0n) is 15.4. The van der Waals surface area contributed by atoms with E-state index in [-0.39, 0.29) is 0 Å². The molecule has 0 atom stereocenters. The van der Waals surface area contributed by atoms with Gasteiger partial charge in [-0.15, -0.1) is 11.3 Å².